The van der Waals surface area contributed by atoms with E-state index in [1.54, 1.807) is 18.4 Å². The fourth-order valence-corrected chi connectivity index (χ4v) is 3.46. The first-order valence-electron chi connectivity index (χ1n) is 6.34. The van der Waals surface area contributed by atoms with Gasteiger partial charge in [0.1, 0.15) is 5.75 Å². The molecule has 2 heterocycles. The molecule has 21 heavy (non-hydrogen) atoms. The summed E-state index contributed by atoms with van der Waals surface area (Å²) in [6, 6.07) is 7.70. The first kappa shape index (κ1) is 14.0. The molecule has 0 aliphatic rings. The lowest BCUT2D eigenvalue weighted by Gasteiger charge is -2.05. The van der Waals surface area contributed by atoms with Crippen LogP contribution in [0.5, 0.6) is 5.75 Å². The molecule has 0 saturated carbocycles. The minimum atomic E-state index is 0.456. The Balaban J connectivity index is 2.14. The van der Waals surface area contributed by atoms with Gasteiger partial charge in [-0.2, -0.15) is 5.10 Å². The van der Waals surface area contributed by atoms with Gasteiger partial charge in [-0.1, -0.05) is 23.7 Å². The fourth-order valence-electron chi connectivity index (χ4n) is 2.17. The summed E-state index contributed by atoms with van der Waals surface area (Å²) in [6.45, 7) is 1.98. The van der Waals surface area contributed by atoms with E-state index in [1.807, 2.05) is 36.6 Å². The third-order valence-corrected chi connectivity index (χ3v) is 5.01. The second kappa shape index (κ2) is 5.42. The molecule has 4 nitrogen and oxygen atoms in total. The summed E-state index contributed by atoms with van der Waals surface area (Å²) in [7, 11) is 1.64. The Morgan fingerprint density at radius 2 is 2.00 bits per heavy atom. The van der Waals surface area contributed by atoms with E-state index in [0.29, 0.717) is 5.82 Å². The van der Waals surface area contributed by atoms with Crippen LogP contribution < -0.4 is 10.5 Å². The number of nitrogens with two attached hydrogens (primary N) is 1. The van der Waals surface area contributed by atoms with Crippen LogP contribution in [0, 0.1) is 6.92 Å². The van der Waals surface area contributed by atoms with Crippen LogP contribution in [0.1, 0.15) is 5.56 Å². The maximum atomic E-state index is 6.36. The highest BCUT2D eigenvalue weighted by Crippen LogP contribution is 2.42. The first-order chi connectivity index (χ1) is 10.1. The number of aromatic amines is 1. The third kappa shape index (κ3) is 2.39. The van der Waals surface area contributed by atoms with E-state index in [9.17, 15) is 0 Å². The molecule has 0 spiro atoms. The molecule has 0 saturated heterocycles. The van der Waals surface area contributed by atoms with E-state index in [4.69, 9.17) is 22.1 Å². The highest BCUT2D eigenvalue weighted by molar-refractivity contribution is 7.14. The number of ether oxygens (including phenoxy) is 1. The molecule has 0 aliphatic heterocycles. The van der Waals surface area contributed by atoms with Crippen molar-refractivity contribution in [1.82, 2.24) is 10.2 Å². The number of anilines is 1. The summed E-state index contributed by atoms with van der Waals surface area (Å²) in [5.74, 6) is 1.25. The van der Waals surface area contributed by atoms with E-state index < -0.39 is 0 Å². The lowest BCUT2D eigenvalue weighted by molar-refractivity contribution is 0.415. The van der Waals surface area contributed by atoms with Crippen molar-refractivity contribution in [2.24, 2.45) is 0 Å². The van der Waals surface area contributed by atoms with Gasteiger partial charge < -0.3 is 10.5 Å². The minimum Gasteiger partial charge on any atom is -0.497 e. The average molecular weight is 320 g/mol. The molecule has 0 amide bonds. The van der Waals surface area contributed by atoms with Crippen LogP contribution in [0.15, 0.2) is 29.6 Å². The van der Waals surface area contributed by atoms with Crippen molar-refractivity contribution >= 4 is 28.8 Å². The van der Waals surface area contributed by atoms with Crippen LogP contribution in [0.4, 0.5) is 5.82 Å². The monoisotopic (exact) mass is 319 g/mol. The maximum Gasteiger partial charge on any atom is 0.153 e. The van der Waals surface area contributed by atoms with Crippen LogP contribution in [-0.2, 0) is 0 Å². The van der Waals surface area contributed by atoms with E-state index in [0.717, 1.165) is 38.0 Å². The van der Waals surface area contributed by atoms with E-state index >= 15 is 0 Å². The van der Waals surface area contributed by atoms with Crippen molar-refractivity contribution < 1.29 is 4.74 Å². The number of halogens is 1. The van der Waals surface area contributed by atoms with Crippen molar-refractivity contribution in [3.63, 3.8) is 0 Å². The SMILES string of the molecule is COc1ccc(-c2c(N)n[nH]c2-c2scc(C)c2Cl)cc1. The lowest BCUT2D eigenvalue weighted by Crippen LogP contribution is -1.89. The van der Waals surface area contributed by atoms with Crippen molar-refractivity contribution in [3.8, 4) is 27.4 Å². The summed E-state index contributed by atoms with van der Waals surface area (Å²) < 4.78 is 5.18. The zero-order valence-corrected chi connectivity index (χ0v) is 13.2. The second-order valence-electron chi connectivity index (χ2n) is 4.65. The van der Waals surface area contributed by atoms with Crippen LogP contribution in [-0.4, -0.2) is 17.3 Å². The lowest BCUT2D eigenvalue weighted by atomic mass is 10.0. The smallest absolute Gasteiger partial charge is 0.153 e. The summed E-state index contributed by atoms with van der Waals surface area (Å²) in [5, 5.41) is 9.88. The van der Waals surface area contributed by atoms with Gasteiger partial charge in [-0.3, -0.25) is 5.10 Å². The second-order valence-corrected chi connectivity index (χ2v) is 5.91. The molecule has 3 aromatic rings. The van der Waals surface area contributed by atoms with Gasteiger partial charge in [-0.15, -0.1) is 11.3 Å². The molecule has 0 bridgehead atoms. The molecule has 0 aliphatic carbocycles. The zero-order valence-electron chi connectivity index (χ0n) is 11.6. The molecule has 0 radical (unpaired) electrons. The number of nitrogens with zero attached hydrogens (tertiary/aromatic N) is 1. The molecular formula is C15H14ClN3OS. The summed E-state index contributed by atoms with van der Waals surface area (Å²) in [6.07, 6.45) is 0. The van der Waals surface area contributed by atoms with Crippen molar-refractivity contribution in [3.05, 3.63) is 40.2 Å². The number of thiophene rings is 1. The van der Waals surface area contributed by atoms with Crippen molar-refractivity contribution in [1.29, 1.82) is 0 Å². The number of aromatic nitrogens is 2. The topological polar surface area (TPSA) is 63.9 Å². The predicted molar refractivity (Wildman–Crippen MR) is 88.0 cm³/mol. The van der Waals surface area contributed by atoms with Gasteiger partial charge in [0, 0.05) is 0 Å². The number of benzene rings is 1. The van der Waals surface area contributed by atoms with E-state index in [2.05, 4.69) is 10.2 Å². The molecular weight excluding hydrogens is 306 g/mol. The van der Waals surface area contributed by atoms with Crippen LogP contribution in [0.2, 0.25) is 5.02 Å². The van der Waals surface area contributed by atoms with E-state index in [-0.39, 0.29) is 0 Å². The van der Waals surface area contributed by atoms with Gasteiger partial charge in [0.2, 0.25) is 0 Å². The van der Waals surface area contributed by atoms with Gasteiger partial charge in [0.15, 0.2) is 5.82 Å². The summed E-state index contributed by atoms with van der Waals surface area (Å²) in [5.41, 5.74) is 9.75. The van der Waals surface area contributed by atoms with Crippen molar-refractivity contribution in [2.45, 2.75) is 6.92 Å². The van der Waals surface area contributed by atoms with Gasteiger partial charge in [-0.05, 0) is 35.6 Å². The van der Waals surface area contributed by atoms with Gasteiger partial charge in [0.25, 0.3) is 0 Å². The highest BCUT2D eigenvalue weighted by Gasteiger charge is 2.19. The number of rotatable bonds is 3. The zero-order chi connectivity index (χ0) is 15.0. The molecule has 0 fully saturated rings. The normalized spacial score (nSPS) is 10.8. The van der Waals surface area contributed by atoms with Crippen molar-refractivity contribution in [2.75, 3.05) is 12.8 Å². The molecule has 3 rings (SSSR count). The van der Waals surface area contributed by atoms with Crippen LogP contribution in [0.3, 0.4) is 0 Å². The fraction of sp³-hybridized carbons (Fsp3) is 0.133. The predicted octanol–water partition coefficient (Wildman–Crippen LogP) is 4.36. The Hall–Kier alpha value is -1.98. The third-order valence-electron chi connectivity index (χ3n) is 3.30. The Kier molecular flexibility index (Phi) is 3.61. The molecule has 3 N–H and O–H groups in total. The number of hydrogen-bond acceptors (Lipinski definition) is 4. The average Bonchev–Trinajstić information content (AvgIpc) is 3.03. The Morgan fingerprint density at radius 1 is 1.29 bits per heavy atom. The molecule has 1 aromatic carbocycles. The Bertz CT molecular complexity index is 777. The molecule has 0 atom stereocenters. The number of aryl methyl sites for hydroxylation is 1. The molecule has 108 valence electrons. The standard InChI is InChI=1S/C15H14ClN3OS/c1-8-7-21-14(12(8)16)13-11(15(17)19-18-13)9-3-5-10(20-2)6-4-9/h3-7H,1-2H3,(H3,17,18,19). The quantitative estimate of drug-likeness (QED) is 0.754. The summed E-state index contributed by atoms with van der Waals surface area (Å²) >= 11 is 7.94. The first-order valence-corrected chi connectivity index (χ1v) is 7.59. The molecule has 2 aromatic heterocycles. The number of H-pyrrole nitrogens is 1. The molecule has 0 unspecified atom stereocenters. The number of nitrogen functional groups attached to an aromatic ring is 1. The van der Waals surface area contributed by atoms with E-state index in [1.165, 1.54) is 0 Å². The molecule has 6 heteroatoms. The van der Waals surface area contributed by atoms with Crippen LogP contribution in [0.25, 0.3) is 21.7 Å². The maximum absolute atomic E-state index is 6.36. The van der Waals surface area contributed by atoms with Crippen LogP contribution >= 0.6 is 22.9 Å². The Labute approximate surface area is 131 Å². The number of methoxy groups -OCH3 is 1. The number of nitrogens with one attached hydrogen (secondary N) is 1. The summed E-state index contributed by atoms with van der Waals surface area (Å²) in [4.78, 5) is 0.948. The largest absolute Gasteiger partial charge is 0.497 e. The minimum absolute atomic E-state index is 0.456. The number of hydrogen-bond donors (Lipinski definition) is 2. The Morgan fingerprint density at radius 3 is 2.57 bits per heavy atom. The van der Waals surface area contributed by atoms with Gasteiger partial charge >= 0.3 is 0 Å². The van der Waals surface area contributed by atoms with Gasteiger partial charge in [0.05, 0.1) is 28.3 Å². The highest BCUT2D eigenvalue weighted by atomic mass is 35.5. The van der Waals surface area contributed by atoms with Gasteiger partial charge in [-0.25, -0.2) is 0 Å².